The van der Waals surface area contributed by atoms with Gasteiger partial charge in [-0.2, -0.15) is 0 Å². The van der Waals surface area contributed by atoms with Gasteiger partial charge in [-0.25, -0.2) is 0 Å². The molecule has 372 valence electrons. The van der Waals surface area contributed by atoms with Crippen molar-refractivity contribution in [1.82, 2.24) is 5.32 Å². The summed E-state index contributed by atoms with van der Waals surface area (Å²) in [7, 11) is 0. The van der Waals surface area contributed by atoms with Crippen LogP contribution in [0.4, 0.5) is 0 Å². The van der Waals surface area contributed by atoms with Crippen molar-refractivity contribution in [2.24, 2.45) is 0 Å². The number of hydrogen-bond donors (Lipinski definition) is 3. The van der Waals surface area contributed by atoms with Gasteiger partial charge in [-0.1, -0.05) is 307 Å². The molecule has 0 bridgehead atoms. The lowest BCUT2D eigenvalue weighted by Gasteiger charge is -2.19. The van der Waals surface area contributed by atoms with Crippen LogP contribution in [-0.4, -0.2) is 34.9 Å². The smallest absolute Gasteiger partial charge is 0.220 e. The maximum atomic E-state index is 12.4. The zero-order valence-electron chi connectivity index (χ0n) is 42.9. The second kappa shape index (κ2) is 54.9. The van der Waals surface area contributed by atoms with Gasteiger partial charge >= 0.3 is 0 Å². The highest BCUT2D eigenvalue weighted by Gasteiger charge is 2.18. The van der Waals surface area contributed by atoms with Crippen LogP contribution in [0.2, 0.25) is 0 Å². The van der Waals surface area contributed by atoms with E-state index in [4.69, 9.17) is 0 Å². The van der Waals surface area contributed by atoms with Gasteiger partial charge < -0.3 is 15.5 Å². The molecular weight excluding hydrogens is 771 g/mol. The predicted molar refractivity (Wildman–Crippen MR) is 281 cm³/mol. The first-order valence-electron chi connectivity index (χ1n) is 28.7. The molecule has 0 saturated carbocycles. The number of unbranched alkanes of at least 4 members (excludes halogenated alkanes) is 42. The fourth-order valence-corrected chi connectivity index (χ4v) is 8.99. The van der Waals surface area contributed by atoms with Crippen LogP contribution in [0.1, 0.15) is 316 Å². The summed E-state index contributed by atoms with van der Waals surface area (Å²) < 4.78 is 0. The number of carbonyl (C=O) groups is 1. The molecule has 0 rings (SSSR count). The third kappa shape index (κ3) is 51.5. The quantitative estimate of drug-likeness (QED) is 0.0421. The van der Waals surface area contributed by atoms with Crippen LogP contribution in [0.5, 0.6) is 0 Å². The van der Waals surface area contributed by atoms with Crippen molar-refractivity contribution in [3.8, 4) is 0 Å². The van der Waals surface area contributed by atoms with Gasteiger partial charge in [0.2, 0.25) is 5.91 Å². The van der Waals surface area contributed by atoms with E-state index < -0.39 is 12.1 Å². The van der Waals surface area contributed by atoms with Crippen molar-refractivity contribution in [3.05, 3.63) is 36.5 Å². The van der Waals surface area contributed by atoms with Gasteiger partial charge in [0.05, 0.1) is 18.8 Å². The number of aliphatic hydroxyl groups excluding tert-OH is 2. The summed E-state index contributed by atoms with van der Waals surface area (Å²) in [5.74, 6) is -0.0749. The monoisotopic (exact) mass is 884 g/mol. The Kier molecular flexibility index (Phi) is 53.7. The molecule has 0 fully saturated rings. The summed E-state index contributed by atoms with van der Waals surface area (Å²) in [6, 6.07) is -0.642. The molecule has 4 nitrogen and oxygen atoms in total. The van der Waals surface area contributed by atoms with E-state index in [1.165, 1.54) is 250 Å². The Balaban J connectivity index is 3.33. The number of aliphatic hydroxyl groups is 2. The summed E-state index contributed by atoms with van der Waals surface area (Å²) in [5, 5.41) is 23.0. The third-order valence-corrected chi connectivity index (χ3v) is 13.3. The van der Waals surface area contributed by atoms with E-state index in [0.717, 1.165) is 44.9 Å². The minimum absolute atomic E-state index is 0.0749. The highest BCUT2D eigenvalue weighted by atomic mass is 16.3. The number of allylic oxidation sites excluding steroid dienone is 5. The number of nitrogens with one attached hydrogen (secondary N) is 1. The number of amides is 1. The van der Waals surface area contributed by atoms with Gasteiger partial charge in [0, 0.05) is 6.42 Å². The second-order valence-corrected chi connectivity index (χ2v) is 19.7. The Bertz CT molecular complexity index is 958. The lowest BCUT2D eigenvalue weighted by atomic mass is 10.0. The number of hydrogen-bond acceptors (Lipinski definition) is 3. The zero-order valence-corrected chi connectivity index (χ0v) is 42.9. The van der Waals surface area contributed by atoms with E-state index >= 15 is 0 Å². The summed E-state index contributed by atoms with van der Waals surface area (Å²) in [6.45, 7) is 4.24. The SMILES string of the molecule is CCC/C=C/CC/C=C/CC/C=C/C(O)C(CO)NC(=O)CCCCCCCCCCCCCCCCCCCCCCCCCCCCCCCCCCCCCCCCCC. The van der Waals surface area contributed by atoms with E-state index in [-0.39, 0.29) is 12.5 Å². The molecule has 2 unspecified atom stereocenters. The van der Waals surface area contributed by atoms with E-state index in [1.54, 1.807) is 6.08 Å². The van der Waals surface area contributed by atoms with Crippen LogP contribution < -0.4 is 5.32 Å². The van der Waals surface area contributed by atoms with Crippen molar-refractivity contribution in [2.45, 2.75) is 328 Å². The lowest BCUT2D eigenvalue weighted by Crippen LogP contribution is -2.45. The Labute approximate surface area is 395 Å². The Morgan fingerprint density at radius 1 is 0.365 bits per heavy atom. The average Bonchev–Trinajstić information content (AvgIpc) is 3.29. The topological polar surface area (TPSA) is 69.6 Å². The molecule has 63 heavy (non-hydrogen) atoms. The Morgan fingerprint density at radius 3 is 0.889 bits per heavy atom. The molecule has 0 aliphatic carbocycles. The van der Waals surface area contributed by atoms with Crippen molar-refractivity contribution >= 4 is 5.91 Å². The van der Waals surface area contributed by atoms with Crippen LogP contribution in [0.15, 0.2) is 36.5 Å². The maximum Gasteiger partial charge on any atom is 0.220 e. The molecule has 3 N–H and O–H groups in total. The number of carbonyl (C=O) groups excluding carboxylic acids is 1. The van der Waals surface area contributed by atoms with Crippen molar-refractivity contribution in [1.29, 1.82) is 0 Å². The van der Waals surface area contributed by atoms with Crippen molar-refractivity contribution < 1.29 is 15.0 Å². The van der Waals surface area contributed by atoms with Gasteiger partial charge in [-0.05, 0) is 38.5 Å². The van der Waals surface area contributed by atoms with Gasteiger partial charge in [-0.15, -0.1) is 0 Å². The largest absolute Gasteiger partial charge is 0.394 e. The standard InChI is InChI=1S/C59H113NO3/c1-3-5-7-9-11-13-15-16-17-18-19-20-21-22-23-24-25-26-27-28-29-30-31-32-33-34-35-36-37-38-39-40-41-42-43-45-47-49-51-53-55-59(63)60-57(56-61)58(62)54-52-50-48-46-44-14-12-10-8-6-4-2/h8,10,44,46,52,54,57-58,61-62H,3-7,9,11-43,45,47-51,53,55-56H2,1-2H3,(H,60,63)/b10-8+,46-44+,54-52+. The van der Waals surface area contributed by atoms with Crippen LogP contribution >= 0.6 is 0 Å². The van der Waals surface area contributed by atoms with E-state index in [0.29, 0.717) is 6.42 Å². The van der Waals surface area contributed by atoms with E-state index in [2.05, 4.69) is 43.5 Å². The van der Waals surface area contributed by atoms with Gasteiger partial charge in [0.25, 0.3) is 0 Å². The van der Waals surface area contributed by atoms with E-state index in [9.17, 15) is 15.0 Å². The summed E-state index contributed by atoms with van der Waals surface area (Å²) in [4.78, 5) is 12.4. The molecule has 0 radical (unpaired) electrons. The van der Waals surface area contributed by atoms with Gasteiger partial charge in [0.15, 0.2) is 0 Å². The first-order chi connectivity index (χ1) is 31.2. The molecule has 4 heteroatoms. The van der Waals surface area contributed by atoms with Crippen molar-refractivity contribution in [2.75, 3.05) is 6.61 Å². The molecule has 0 aliphatic heterocycles. The Morgan fingerprint density at radius 2 is 0.619 bits per heavy atom. The van der Waals surface area contributed by atoms with Crippen molar-refractivity contribution in [3.63, 3.8) is 0 Å². The van der Waals surface area contributed by atoms with Crippen LogP contribution in [0.25, 0.3) is 0 Å². The lowest BCUT2D eigenvalue weighted by molar-refractivity contribution is -0.123. The average molecular weight is 885 g/mol. The third-order valence-electron chi connectivity index (χ3n) is 13.3. The zero-order chi connectivity index (χ0) is 45.6. The molecule has 0 aromatic carbocycles. The van der Waals surface area contributed by atoms with Crippen LogP contribution in [-0.2, 0) is 4.79 Å². The normalized spacial score (nSPS) is 13.0. The second-order valence-electron chi connectivity index (χ2n) is 19.7. The van der Waals surface area contributed by atoms with Gasteiger partial charge in [0.1, 0.15) is 0 Å². The summed E-state index contributed by atoms with van der Waals surface area (Å²) in [6.07, 6.45) is 75.0. The first kappa shape index (κ1) is 61.6. The fraction of sp³-hybridized carbons (Fsp3) is 0.881. The predicted octanol–water partition coefficient (Wildman–Crippen LogP) is 18.9. The first-order valence-corrected chi connectivity index (χ1v) is 28.7. The minimum atomic E-state index is -0.867. The highest BCUT2D eigenvalue weighted by Crippen LogP contribution is 2.18. The molecule has 0 heterocycles. The molecule has 2 atom stereocenters. The van der Waals surface area contributed by atoms with Crippen LogP contribution in [0.3, 0.4) is 0 Å². The molecule has 0 spiro atoms. The highest BCUT2D eigenvalue weighted by molar-refractivity contribution is 5.76. The molecule has 1 amide bonds. The molecule has 0 aromatic rings. The fourth-order valence-electron chi connectivity index (χ4n) is 8.99. The summed E-state index contributed by atoms with van der Waals surface area (Å²) in [5.41, 5.74) is 0. The van der Waals surface area contributed by atoms with Gasteiger partial charge in [-0.3, -0.25) is 4.79 Å². The maximum absolute atomic E-state index is 12.4. The van der Waals surface area contributed by atoms with E-state index in [1.807, 2.05) is 6.08 Å². The number of rotatable bonds is 53. The molecular formula is C59H113NO3. The minimum Gasteiger partial charge on any atom is -0.394 e. The Hall–Kier alpha value is -1.39. The molecule has 0 saturated heterocycles. The van der Waals surface area contributed by atoms with Crippen LogP contribution in [0, 0.1) is 0 Å². The summed E-state index contributed by atoms with van der Waals surface area (Å²) >= 11 is 0. The molecule has 0 aromatic heterocycles. The molecule has 0 aliphatic rings.